The Morgan fingerprint density at radius 1 is 1.10 bits per heavy atom. The van der Waals surface area contributed by atoms with E-state index in [-0.39, 0.29) is 6.04 Å². The fourth-order valence-corrected chi connectivity index (χ4v) is 4.46. The number of carbonyl (C=O) groups is 1. The third-order valence-electron chi connectivity index (χ3n) is 5.93. The second kappa shape index (κ2) is 7.44. The van der Waals surface area contributed by atoms with Crippen molar-refractivity contribution in [1.82, 2.24) is 9.55 Å². The molecule has 0 saturated heterocycles. The van der Waals surface area contributed by atoms with Gasteiger partial charge in [0.25, 0.3) is 0 Å². The van der Waals surface area contributed by atoms with Crippen molar-refractivity contribution in [2.75, 3.05) is 7.11 Å². The Morgan fingerprint density at radius 3 is 2.70 bits per heavy atom. The van der Waals surface area contributed by atoms with Crippen LogP contribution >= 0.6 is 0 Å². The standard InChI is InChI=1S/C24H22N2O4/c1-29-23(27)16-11-12-20-19(14-16)25-22(26(20)17-8-3-2-4-9-17)18-13-15-7-5-6-10-21(15)30-24(18)28/h5-7,10-14,17H,2-4,8-9H2,1H3. The van der Waals surface area contributed by atoms with Crippen molar-refractivity contribution in [3.63, 3.8) is 0 Å². The van der Waals surface area contributed by atoms with Crippen molar-refractivity contribution in [3.05, 3.63) is 64.5 Å². The maximum atomic E-state index is 12.9. The molecule has 0 atom stereocenters. The van der Waals surface area contributed by atoms with E-state index < -0.39 is 11.6 Å². The van der Waals surface area contributed by atoms with Crippen molar-refractivity contribution in [3.8, 4) is 11.4 Å². The fraction of sp³-hybridized carbons (Fsp3) is 0.292. The van der Waals surface area contributed by atoms with Crippen LogP contribution in [0.4, 0.5) is 0 Å². The molecule has 1 fully saturated rings. The molecular formula is C24H22N2O4. The maximum absolute atomic E-state index is 12.9. The predicted molar refractivity (Wildman–Crippen MR) is 115 cm³/mol. The number of aromatic nitrogens is 2. The Morgan fingerprint density at radius 2 is 1.90 bits per heavy atom. The van der Waals surface area contributed by atoms with E-state index in [2.05, 4.69) is 4.57 Å². The molecule has 0 unspecified atom stereocenters. The lowest BCUT2D eigenvalue weighted by Gasteiger charge is -2.25. The molecule has 4 aromatic rings. The SMILES string of the molecule is COC(=O)c1ccc2c(c1)nc(-c1cc3ccccc3oc1=O)n2C1CCCCC1. The summed E-state index contributed by atoms with van der Waals surface area (Å²) in [5.41, 5.74) is 2.61. The number of methoxy groups -OCH3 is 1. The molecule has 6 nitrogen and oxygen atoms in total. The number of benzene rings is 2. The van der Waals surface area contributed by atoms with Crippen molar-refractivity contribution in [1.29, 1.82) is 0 Å². The molecule has 0 spiro atoms. The van der Waals surface area contributed by atoms with E-state index >= 15 is 0 Å². The molecule has 0 N–H and O–H groups in total. The second-order valence-electron chi connectivity index (χ2n) is 7.78. The number of carbonyl (C=O) groups excluding carboxylic acids is 1. The molecule has 30 heavy (non-hydrogen) atoms. The number of hydrogen-bond acceptors (Lipinski definition) is 5. The van der Waals surface area contributed by atoms with E-state index in [0.717, 1.165) is 36.6 Å². The van der Waals surface area contributed by atoms with Gasteiger partial charge in [-0.1, -0.05) is 37.5 Å². The molecule has 2 aromatic carbocycles. The highest BCUT2D eigenvalue weighted by Crippen LogP contribution is 2.36. The summed E-state index contributed by atoms with van der Waals surface area (Å²) in [6, 6.07) is 15.0. The molecule has 6 heteroatoms. The molecule has 2 aromatic heterocycles. The lowest BCUT2D eigenvalue weighted by Crippen LogP contribution is -2.16. The molecule has 152 valence electrons. The van der Waals surface area contributed by atoms with Gasteiger partial charge in [0.15, 0.2) is 0 Å². The fourth-order valence-electron chi connectivity index (χ4n) is 4.46. The summed E-state index contributed by atoms with van der Waals surface area (Å²) in [4.78, 5) is 29.7. The third-order valence-corrected chi connectivity index (χ3v) is 5.93. The van der Waals surface area contributed by atoms with Crippen LogP contribution < -0.4 is 5.63 Å². The summed E-state index contributed by atoms with van der Waals surface area (Å²) < 4.78 is 12.6. The van der Waals surface area contributed by atoms with Crippen molar-refractivity contribution in [2.24, 2.45) is 0 Å². The monoisotopic (exact) mass is 402 g/mol. The number of esters is 1. The van der Waals surface area contributed by atoms with Crippen LogP contribution in [0.25, 0.3) is 33.4 Å². The predicted octanol–water partition coefficient (Wildman–Crippen LogP) is 5.10. The molecule has 2 heterocycles. The molecule has 0 aliphatic heterocycles. The van der Waals surface area contributed by atoms with E-state index in [0.29, 0.717) is 28.1 Å². The minimum Gasteiger partial charge on any atom is -0.465 e. The molecule has 1 aliphatic rings. The van der Waals surface area contributed by atoms with Gasteiger partial charge in [-0.25, -0.2) is 14.6 Å². The molecule has 1 saturated carbocycles. The van der Waals surface area contributed by atoms with Crippen molar-refractivity contribution >= 4 is 28.0 Å². The molecule has 0 bridgehead atoms. The summed E-state index contributed by atoms with van der Waals surface area (Å²) in [5.74, 6) is 0.189. The molecular weight excluding hydrogens is 380 g/mol. The topological polar surface area (TPSA) is 74.3 Å². The average Bonchev–Trinajstić information content (AvgIpc) is 3.17. The van der Waals surface area contributed by atoms with Gasteiger partial charge in [-0.15, -0.1) is 0 Å². The Hall–Kier alpha value is -3.41. The minimum atomic E-state index is -0.408. The zero-order valence-corrected chi connectivity index (χ0v) is 16.8. The number of nitrogens with zero attached hydrogens (tertiary/aromatic N) is 2. The summed E-state index contributed by atoms with van der Waals surface area (Å²) in [7, 11) is 1.36. The van der Waals surface area contributed by atoms with Crippen molar-refractivity contribution in [2.45, 2.75) is 38.1 Å². The summed E-state index contributed by atoms with van der Waals surface area (Å²) in [6.07, 6.45) is 5.60. The van der Waals surface area contributed by atoms with Gasteiger partial charge >= 0.3 is 11.6 Å². The first-order chi connectivity index (χ1) is 14.7. The highest BCUT2D eigenvalue weighted by Gasteiger charge is 2.25. The van der Waals surface area contributed by atoms with Crippen LogP contribution in [0, 0.1) is 0 Å². The van der Waals surface area contributed by atoms with Crippen LogP contribution in [-0.2, 0) is 4.74 Å². The lowest BCUT2D eigenvalue weighted by molar-refractivity contribution is 0.0601. The highest BCUT2D eigenvalue weighted by molar-refractivity contribution is 5.94. The van der Waals surface area contributed by atoms with Gasteiger partial charge in [0.2, 0.25) is 0 Å². The second-order valence-corrected chi connectivity index (χ2v) is 7.78. The lowest BCUT2D eigenvalue weighted by atomic mass is 9.95. The summed E-state index contributed by atoms with van der Waals surface area (Å²) in [5, 5.41) is 0.851. The largest absolute Gasteiger partial charge is 0.465 e. The molecule has 0 radical (unpaired) electrons. The summed E-state index contributed by atoms with van der Waals surface area (Å²) in [6.45, 7) is 0. The van der Waals surface area contributed by atoms with Gasteiger partial charge in [-0.2, -0.15) is 0 Å². The minimum absolute atomic E-state index is 0.258. The van der Waals surface area contributed by atoms with E-state index in [9.17, 15) is 9.59 Å². The quantitative estimate of drug-likeness (QED) is 0.352. The molecule has 1 aliphatic carbocycles. The number of ether oxygens (including phenoxy) is 1. The van der Waals surface area contributed by atoms with E-state index in [1.165, 1.54) is 13.5 Å². The van der Waals surface area contributed by atoms with Crippen molar-refractivity contribution < 1.29 is 13.9 Å². The Labute approximate surface area is 173 Å². The first kappa shape index (κ1) is 18.6. The van der Waals surface area contributed by atoms with Gasteiger partial charge in [-0.3, -0.25) is 0 Å². The van der Waals surface area contributed by atoms with Gasteiger partial charge in [0.05, 0.1) is 23.7 Å². The highest BCUT2D eigenvalue weighted by atomic mass is 16.5. The smallest absolute Gasteiger partial charge is 0.347 e. The number of fused-ring (bicyclic) bond motifs is 2. The average molecular weight is 402 g/mol. The number of imidazole rings is 1. The van der Waals surface area contributed by atoms with E-state index in [4.69, 9.17) is 14.1 Å². The van der Waals surface area contributed by atoms with Crippen LogP contribution in [0.5, 0.6) is 0 Å². The zero-order valence-electron chi connectivity index (χ0n) is 16.8. The van der Waals surface area contributed by atoms with Crippen LogP contribution in [0.15, 0.2) is 57.7 Å². The zero-order chi connectivity index (χ0) is 20.7. The molecule has 0 amide bonds. The van der Waals surface area contributed by atoms with Gasteiger partial charge < -0.3 is 13.7 Å². The van der Waals surface area contributed by atoms with Crippen LogP contribution in [0.2, 0.25) is 0 Å². The van der Waals surface area contributed by atoms with Crippen LogP contribution in [0.3, 0.4) is 0 Å². The third kappa shape index (κ3) is 3.09. The number of rotatable bonds is 3. The van der Waals surface area contributed by atoms with Gasteiger partial charge in [0, 0.05) is 11.4 Å². The Bertz CT molecular complexity index is 1310. The Balaban J connectivity index is 1.76. The van der Waals surface area contributed by atoms with Crippen LogP contribution in [-0.4, -0.2) is 22.6 Å². The molecule has 5 rings (SSSR count). The number of hydrogen-bond donors (Lipinski definition) is 0. The van der Waals surface area contributed by atoms with Crippen LogP contribution in [0.1, 0.15) is 48.5 Å². The normalized spacial score (nSPS) is 15.0. The van der Waals surface area contributed by atoms with Gasteiger partial charge in [-0.05, 0) is 43.2 Å². The van der Waals surface area contributed by atoms with E-state index in [1.54, 1.807) is 18.2 Å². The number of para-hydroxylation sites is 1. The first-order valence-corrected chi connectivity index (χ1v) is 10.3. The Kier molecular flexibility index (Phi) is 4.62. The van der Waals surface area contributed by atoms with Gasteiger partial charge in [0.1, 0.15) is 17.0 Å². The first-order valence-electron chi connectivity index (χ1n) is 10.3. The maximum Gasteiger partial charge on any atom is 0.347 e. The summed E-state index contributed by atoms with van der Waals surface area (Å²) >= 11 is 0. The van der Waals surface area contributed by atoms with E-state index in [1.807, 2.05) is 30.3 Å².